The van der Waals surface area contributed by atoms with E-state index in [0.29, 0.717) is 6.04 Å². The van der Waals surface area contributed by atoms with Crippen LogP contribution in [-0.4, -0.2) is 11.9 Å². The number of anilines is 1. The Bertz CT molecular complexity index is 497. The first-order valence-electron chi connectivity index (χ1n) is 5.76. The van der Waals surface area contributed by atoms with Crippen molar-refractivity contribution in [3.8, 4) is 0 Å². The van der Waals surface area contributed by atoms with Gasteiger partial charge in [-0.25, -0.2) is 0 Å². The minimum Gasteiger partial charge on any atom is -0.305 e. The van der Waals surface area contributed by atoms with Crippen molar-refractivity contribution >= 4 is 11.6 Å². The van der Waals surface area contributed by atoms with Crippen LogP contribution in [0.25, 0.3) is 0 Å². The van der Waals surface area contributed by atoms with Crippen LogP contribution < -0.4 is 4.90 Å². The molecule has 1 unspecified atom stereocenters. The van der Waals surface area contributed by atoms with E-state index in [1.54, 1.807) is 0 Å². The largest absolute Gasteiger partial charge is 0.305 e. The van der Waals surface area contributed by atoms with Gasteiger partial charge < -0.3 is 4.90 Å². The number of hydrogen-bond acceptors (Lipinski definition) is 1. The van der Waals surface area contributed by atoms with Gasteiger partial charge in [-0.3, -0.25) is 4.79 Å². The van der Waals surface area contributed by atoms with Gasteiger partial charge in [-0.2, -0.15) is 0 Å². The Labute approximate surface area is 95.6 Å². The molecule has 0 radical (unpaired) electrons. The molecule has 2 aliphatic heterocycles. The molecule has 0 aromatic heterocycles. The number of benzene rings is 1. The van der Waals surface area contributed by atoms with Crippen LogP contribution >= 0.6 is 0 Å². The van der Waals surface area contributed by atoms with Crippen LogP contribution in [0.3, 0.4) is 0 Å². The summed E-state index contributed by atoms with van der Waals surface area (Å²) in [6.07, 6.45) is 1.93. The van der Waals surface area contributed by atoms with Crippen LogP contribution in [0.1, 0.15) is 25.8 Å². The fraction of sp³-hybridized carbons (Fsp3) is 0.357. The summed E-state index contributed by atoms with van der Waals surface area (Å²) in [5.74, 6) is 0.218. The van der Waals surface area contributed by atoms with E-state index in [4.69, 9.17) is 0 Å². The number of fused-ring (bicyclic) bond motifs is 3. The molecule has 0 aliphatic carbocycles. The maximum absolute atomic E-state index is 12.3. The van der Waals surface area contributed by atoms with Gasteiger partial charge in [0.1, 0.15) is 0 Å². The lowest BCUT2D eigenvalue weighted by atomic mass is 10.0. The van der Waals surface area contributed by atoms with E-state index in [2.05, 4.69) is 12.1 Å². The van der Waals surface area contributed by atoms with Gasteiger partial charge in [-0.1, -0.05) is 23.8 Å². The molecule has 2 heterocycles. The standard InChI is InChI=1S/C14H15NO/c1-9(2)12-8-11-7-10-5-3-4-6-13(10)15(11)14(12)16/h3-6,11H,7-8H2,1-2H3. The lowest BCUT2D eigenvalue weighted by Crippen LogP contribution is -2.29. The number of para-hydroxylation sites is 1. The number of rotatable bonds is 0. The van der Waals surface area contributed by atoms with Crippen LogP contribution in [0.4, 0.5) is 5.69 Å². The van der Waals surface area contributed by atoms with Gasteiger partial charge >= 0.3 is 0 Å². The molecule has 82 valence electrons. The molecule has 1 fully saturated rings. The van der Waals surface area contributed by atoms with E-state index in [9.17, 15) is 4.79 Å². The highest BCUT2D eigenvalue weighted by molar-refractivity contribution is 6.10. The zero-order valence-corrected chi connectivity index (χ0v) is 9.66. The molecule has 0 spiro atoms. The van der Waals surface area contributed by atoms with E-state index in [0.717, 1.165) is 29.7 Å². The minimum atomic E-state index is 0.218. The van der Waals surface area contributed by atoms with Gasteiger partial charge in [0.15, 0.2) is 0 Å². The SMILES string of the molecule is CC(C)=C1CC2Cc3ccccc3N2C1=O. The number of carbonyl (C=O) groups is 1. The quantitative estimate of drug-likeness (QED) is 0.607. The Morgan fingerprint density at radius 2 is 2.00 bits per heavy atom. The van der Waals surface area contributed by atoms with Gasteiger partial charge in [-0.15, -0.1) is 0 Å². The average molecular weight is 213 g/mol. The smallest absolute Gasteiger partial charge is 0.254 e. The van der Waals surface area contributed by atoms with Crippen molar-refractivity contribution in [2.24, 2.45) is 0 Å². The van der Waals surface area contributed by atoms with E-state index in [1.165, 1.54) is 5.56 Å². The second-order valence-electron chi connectivity index (χ2n) is 4.84. The Morgan fingerprint density at radius 3 is 2.75 bits per heavy atom. The first-order chi connectivity index (χ1) is 7.68. The molecule has 1 atom stereocenters. The third-order valence-corrected chi connectivity index (χ3v) is 3.59. The zero-order valence-electron chi connectivity index (χ0n) is 9.66. The lowest BCUT2D eigenvalue weighted by Gasteiger charge is -2.15. The Hall–Kier alpha value is -1.57. The van der Waals surface area contributed by atoms with Gasteiger partial charge in [0.2, 0.25) is 0 Å². The van der Waals surface area contributed by atoms with Crippen molar-refractivity contribution in [2.75, 3.05) is 4.90 Å². The van der Waals surface area contributed by atoms with Gasteiger partial charge in [-0.05, 0) is 38.3 Å². The van der Waals surface area contributed by atoms with E-state index in [1.807, 2.05) is 30.9 Å². The first kappa shape index (κ1) is 9.64. The molecule has 0 saturated carbocycles. The van der Waals surface area contributed by atoms with Crippen molar-refractivity contribution in [3.63, 3.8) is 0 Å². The number of carbonyl (C=O) groups excluding carboxylic acids is 1. The second-order valence-corrected chi connectivity index (χ2v) is 4.84. The third-order valence-electron chi connectivity index (χ3n) is 3.59. The molecule has 0 N–H and O–H groups in total. The van der Waals surface area contributed by atoms with E-state index in [-0.39, 0.29) is 5.91 Å². The number of nitrogens with zero attached hydrogens (tertiary/aromatic N) is 1. The highest BCUT2D eigenvalue weighted by atomic mass is 16.2. The van der Waals surface area contributed by atoms with Gasteiger partial charge in [0.05, 0.1) is 0 Å². The summed E-state index contributed by atoms with van der Waals surface area (Å²) < 4.78 is 0. The molecule has 1 saturated heterocycles. The van der Waals surface area contributed by atoms with Crippen LogP contribution in [-0.2, 0) is 11.2 Å². The van der Waals surface area contributed by atoms with Crippen LogP contribution in [0.5, 0.6) is 0 Å². The molecule has 1 aromatic carbocycles. The van der Waals surface area contributed by atoms with Gasteiger partial charge in [0, 0.05) is 17.3 Å². The van der Waals surface area contributed by atoms with Crippen molar-refractivity contribution in [1.29, 1.82) is 0 Å². The lowest BCUT2D eigenvalue weighted by molar-refractivity contribution is -0.114. The maximum atomic E-state index is 12.3. The summed E-state index contributed by atoms with van der Waals surface area (Å²) in [5, 5.41) is 0. The monoisotopic (exact) mass is 213 g/mol. The summed E-state index contributed by atoms with van der Waals surface area (Å²) in [4.78, 5) is 14.2. The van der Waals surface area contributed by atoms with E-state index >= 15 is 0 Å². The Balaban J connectivity index is 2.08. The van der Waals surface area contributed by atoms with E-state index < -0.39 is 0 Å². The average Bonchev–Trinajstić information content (AvgIpc) is 2.75. The zero-order chi connectivity index (χ0) is 11.3. The summed E-state index contributed by atoms with van der Waals surface area (Å²) in [6.45, 7) is 4.06. The normalized spacial score (nSPS) is 22.4. The molecule has 1 aromatic rings. The van der Waals surface area contributed by atoms with Crippen molar-refractivity contribution < 1.29 is 4.79 Å². The molecule has 3 rings (SSSR count). The highest BCUT2D eigenvalue weighted by Crippen LogP contribution is 2.40. The fourth-order valence-corrected chi connectivity index (χ4v) is 2.79. The summed E-state index contributed by atoms with van der Waals surface area (Å²) in [5.41, 5.74) is 4.61. The highest BCUT2D eigenvalue weighted by Gasteiger charge is 2.41. The molecular weight excluding hydrogens is 198 g/mol. The number of amides is 1. The Morgan fingerprint density at radius 1 is 1.25 bits per heavy atom. The summed E-state index contributed by atoms with van der Waals surface area (Å²) in [6, 6.07) is 8.61. The second kappa shape index (κ2) is 3.21. The van der Waals surface area contributed by atoms with Crippen molar-refractivity contribution in [3.05, 3.63) is 41.0 Å². The molecule has 0 bridgehead atoms. The third kappa shape index (κ3) is 1.16. The van der Waals surface area contributed by atoms with Crippen molar-refractivity contribution in [1.82, 2.24) is 0 Å². The molecule has 1 amide bonds. The molecule has 2 heteroatoms. The minimum absolute atomic E-state index is 0.218. The molecular formula is C14H15NO. The fourth-order valence-electron chi connectivity index (χ4n) is 2.79. The molecule has 2 aliphatic rings. The van der Waals surface area contributed by atoms with Gasteiger partial charge in [0.25, 0.3) is 5.91 Å². The Kier molecular flexibility index (Phi) is 1.93. The predicted molar refractivity (Wildman–Crippen MR) is 64.4 cm³/mol. The summed E-state index contributed by atoms with van der Waals surface area (Å²) >= 11 is 0. The predicted octanol–water partition coefficient (Wildman–Crippen LogP) is 2.68. The first-order valence-corrected chi connectivity index (χ1v) is 5.76. The number of allylic oxidation sites excluding steroid dienone is 1. The molecule has 16 heavy (non-hydrogen) atoms. The number of hydrogen-bond donors (Lipinski definition) is 0. The van der Waals surface area contributed by atoms with Crippen LogP contribution in [0.2, 0.25) is 0 Å². The van der Waals surface area contributed by atoms with Crippen LogP contribution in [0, 0.1) is 0 Å². The topological polar surface area (TPSA) is 20.3 Å². The summed E-state index contributed by atoms with van der Waals surface area (Å²) in [7, 11) is 0. The maximum Gasteiger partial charge on any atom is 0.254 e. The molecule has 2 nitrogen and oxygen atoms in total. The van der Waals surface area contributed by atoms with Crippen molar-refractivity contribution in [2.45, 2.75) is 32.7 Å². The van der Waals surface area contributed by atoms with Crippen LogP contribution in [0.15, 0.2) is 35.4 Å².